The minimum absolute atomic E-state index is 0.0514. The highest BCUT2D eigenvalue weighted by Crippen LogP contribution is 2.35. The summed E-state index contributed by atoms with van der Waals surface area (Å²) in [6.07, 6.45) is 1.43. The lowest BCUT2D eigenvalue weighted by atomic mass is 9.86. The Hall–Kier alpha value is -2.37. The largest absolute Gasteiger partial charge is 0.507 e. The Balaban J connectivity index is 1.80. The number of carbonyl (C=O) groups excluding carboxylic acids is 1. The fourth-order valence-corrected chi connectivity index (χ4v) is 3.90. The summed E-state index contributed by atoms with van der Waals surface area (Å²) in [4.78, 5) is 12.8. The van der Waals surface area contributed by atoms with Crippen LogP contribution in [0.15, 0.2) is 47.6 Å². The van der Waals surface area contributed by atoms with Gasteiger partial charge in [0.2, 0.25) is 0 Å². The normalized spacial score (nSPS) is 12.0. The number of fused-ring (bicyclic) bond motifs is 1. The highest BCUT2D eigenvalue weighted by atomic mass is 35.5. The molecule has 26 heavy (non-hydrogen) atoms. The van der Waals surface area contributed by atoms with Gasteiger partial charge in [-0.05, 0) is 29.2 Å². The van der Waals surface area contributed by atoms with Gasteiger partial charge in [-0.15, -0.1) is 11.3 Å². The molecule has 0 saturated carbocycles. The van der Waals surface area contributed by atoms with Gasteiger partial charge in [-0.2, -0.15) is 5.10 Å². The molecule has 6 heteroatoms. The summed E-state index contributed by atoms with van der Waals surface area (Å²) in [7, 11) is 0. The lowest BCUT2D eigenvalue weighted by Gasteiger charge is -2.19. The van der Waals surface area contributed by atoms with Gasteiger partial charge in [0, 0.05) is 15.6 Å². The number of phenolic OH excluding ortho intramolecular Hbond substituents is 1. The second-order valence-corrected chi connectivity index (χ2v) is 8.39. The highest BCUT2D eigenvalue weighted by molar-refractivity contribution is 7.21. The van der Waals surface area contributed by atoms with Crippen molar-refractivity contribution in [3.8, 4) is 5.75 Å². The van der Waals surface area contributed by atoms with Gasteiger partial charge < -0.3 is 5.11 Å². The smallest absolute Gasteiger partial charge is 0.283 e. The Bertz CT molecular complexity index is 1000. The molecule has 4 nitrogen and oxygen atoms in total. The molecule has 0 aliphatic heterocycles. The van der Waals surface area contributed by atoms with Crippen LogP contribution >= 0.6 is 22.9 Å². The van der Waals surface area contributed by atoms with Crippen LogP contribution in [-0.2, 0) is 5.41 Å². The van der Waals surface area contributed by atoms with Crippen LogP contribution in [0.25, 0.3) is 10.1 Å². The number of phenols is 1. The second kappa shape index (κ2) is 7.09. The molecule has 2 N–H and O–H groups in total. The molecule has 134 valence electrons. The van der Waals surface area contributed by atoms with Crippen molar-refractivity contribution in [1.82, 2.24) is 5.43 Å². The van der Waals surface area contributed by atoms with E-state index in [2.05, 4.69) is 31.3 Å². The van der Waals surface area contributed by atoms with Crippen LogP contribution < -0.4 is 5.43 Å². The van der Waals surface area contributed by atoms with Gasteiger partial charge in [0.05, 0.1) is 11.2 Å². The van der Waals surface area contributed by atoms with Gasteiger partial charge in [-0.1, -0.05) is 56.6 Å². The van der Waals surface area contributed by atoms with Gasteiger partial charge in [0.25, 0.3) is 5.91 Å². The SMILES string of the molecule is CC(C)(C)c1ccc(O)c(/C=N/NC(=O)c2sc3ccccc3c2Cl)c1. The van der Waals surface area contributed by atoms with Crippen LogP contribution in [0.5, 0.6) is 5.75 Å². The molecule has 3 rings (SSSR count). The molecule has 0 fully saturated rings. The lowest BCUT2D eigenvalue weighted by molar-refractivity contribution is 0.0959. The van der Waals surface area contributed by atoms with Crippen molar-refractivity contribution >= 4 is 45.1 Å². The van der Waals surface area contributed by atoms with E-state index in [1.54, 1.807) is 6.07 Å². The van der Waals surface area contributed by atoms with Gasteiger partial charge in [0.15, 0.2) is 0 Å². The molecule has 0 atom stereocenters. The molecule has 0 saturated heterocycles. The Kier molecular flexibility index (Phi) is 5.03. The van der Waals surface area contributed by atoms with E-state index in [1.807, 2.05) is 36.4 Å². The van der Waals surface area contributed by atoms with Gasteiger partial charge in [-0.3, -0.25) is 4.79 Å². The van der Waals surface area contributed by atoms with E-state index in [4.69, 9.17) is 11.6 Å². The lowest BCUT2D eigenvalue weighted by Crippen LogP contribution is -2.16. The number of hydrazone groups is 1. The topological polar surface area (TPSA) is 61.7 Å². The Morgan fingerprint density at radius 1 is 1.23 bits per heavy atom. The van der Waals surface area contributed by atoms with Crippen LogP contribution in [0.2, 0.25) is 5.02 Å². The Morgan fingerprint density at radius 3 is 2.65 bits per heavy atom. The van der Waals surface area contributed by atoms with Crippen LogP contribution in [0, 0.1) is 0 Å². The molecule has 0 aliphatic carbocycles. The number of nitrogens with one attached hydrogen (secondary N) is 1. The number of benzene rings is 2. The maximum Gasteiger partial charge on any atom is 0.283 e. The third-order valence-corrected chi connectivity index (χ3v) is 5.68. The summed E-state index contributed by atoms with van der Waals surface area (Å²) in [5, 5.41) is 15.3. The summed E-state index contributed by atoms with van der Waals surface area (Å²) >= 11 is 7.62. The molecule has 1 amide bonds. The van der Waals surface area contributed by atoms with Crippen molar-refractivity contribution in [2.24, 2.45) is 5.10 Å². The predicted molar refractivity (Wildman–Crippen MR) is 109 cm³/mol. The van der Waals surface area contributed by atoms with Crippen LogP contribution in [0.3, 0.4) is 0 Å². The zero-order valence-corrected chi connectivity index (χ0v) is 16.3. The van der Waals surface area contributed by atoms with E-state index >= 15 is 0 Å². The van der Waals surface area contributed by atoms with Gasteiger partial charge in [-0.25, -0.2) is 5.43 Å². The third kappa shape index (κ3) is 3.74. The van der Waals surface area contributed by atoms with E-state index in [0.29, 0.717) is 15.5 Å². The Labute approximate surface area is 161 Å². The zero-order valence-electron chi connectivity index (χ0n) is 14.7. The first-order valence-corrected chi connectivity index (χ1v) is 9.31. The van der Waals surface area contributed by atoms with Gasteiger partial charge >= 0.3 is 0 Å². The molecular weight excluding hydrogens is 368 g/mol. The molecule has 0 bridgehead atoms. The van der Waals surface area contributed by atoms with Crippen molar-refractivity contribution < 1.29 is 9.90 Å². The summed E-state index contributed by atoms with van der Waals surface area (Å²) in [6.45, 7) is 6.27. The van der Waals surface area contributed by atoms with Crippen molar-refractivity contribution in [2.45, 2.75) is 26.2 Å². The molecule has 0 radical (unpaired) electrons. The standard InChI is InChI=1S/C20H19ClN2O2S/c1-20(2,3)13-8-9-15(24)12(10-13)11-22-23-19(25)18-17(21)14-6-4-5-7-16(14)26-18/h4-11,24H,1-3H3,(H,23,25)/b22-11+. The molecule has 2 aromatic carbocycles. The fourth-order valence-electron chi connectivity index (χ4n) is 2.50. The molecule has 1 heterocycles. The zero-order chi connectivity index (χ0) is 18.9. The van der Waals surface area contributed by atoms with Crippen LogP contribution in [0.4, 0.5) is 0 Å². The molecular formula is C20H19ClN2O2S. The second-order valence-electron chi connectivity index (χ2n) is 6.96. The molecule has 0 unspecified atom stereocenters. The highest BCUT2D eigenvalue weighted by Gasteiger charge is 2.17. The maximum absolute atomic E-state index is 12.4. The number of halogens is 1. The molecule has 3 aromatic rings. The van der Waals surface area contributed by atoms with Crippen molar-refractivity contribution in [2.75, 3.05) is 0 Å². The van der Waals surface area contributed by atoms with Crippen LogP contribution in [0.1, 0.15) is 41.6 Å². The predicted octanol–water partition coefficient (Wildman–Crippen LogP) is 5.32. The number of amides is 1. The van der Waals surface area contributed by atoms with Crippen molar-refractivity contribution in [1.29, 1.82) is 0 Å². The molecule has 0 aliphatic rings. The van der Waals surface area contributed by atoms with E-state index in [1.165, 1.54) is 17.6 Å². The molecule has 1 aromatic heterocycles. The van der Waals surface area contributed by atoms with Crippen LogP contribution in [-0.4, -0.2) is 17.2 Å². The van der Waals surface area contributed by atoms with E-state index in [9.17, 15) is 9.90 Å². The fraction of sp³-hybridized carbons (Fsp3) is 0.200. The van der Waals surface area contributed by atoms with Crippen molar-refractivity contribution in [3.63, 3.8) is 0 Å². The van der Waals surface area contributed by atoms with E-state index in [-0.39, 0.29) is 17.1 Å². The number of carbonyl (C=O) groups is 1. The average Bonchev–Trinajstić information content (AvgIpc) is 2.93. The first-order chi connectivity index (χ1) is 12.3. The maximum atomic E-state index is 12.4. The number of rotatable bonds is 3. The number of thiophene rings is 1. The quantitative estimate of drug-likeness (QED) is 0.472. The van der Waals surface area contributed by atoms with Crippen molar-refractivity contribution in [3.05, 3.63) is 63.5 Å². The minimum atomic E-state index is -0.376. The summed E-state index contributed by atoms with van der Waals surface area (Å²) in [5.74, 6) is -0.269. The first-order valence-electron chi connectivity index (χ1n) is 8.11. The van der Waals surface area contributed by atoms with Gasteiger partial charge in [0.1, 0.15) is 10.6 Å². The van der Waals surface area contributed by atoms with E-state index in [0.717, 1.165) is 15.6 Å². The number of hydrogen-bond donors (Lipinski definition) is 2. The third-order valence-electron chi connectivity index (χ3n) is 4.00. The first kappa shape index (κ1) is 18.4. The minimum Gasteiger partial charge on any atom is -0.507 e. The molecule has 0 spiro atoms. The average molecular weight is 387 g/mol. The summed E-state index contributed by atoms with van der Waals surface area (Å²) in [5.41, 5.74) is 4.04. The number of hydrogen-bond acceptors (Lipinski definition) is 4. The Morgan fingerprint density at radius 2 is 1.96 bits per heavy atom. The summed E-state index contributed by atoms with van der Waals surface area (Å²) in [6, 6.07) is 12.9. The monoisotopic (exact) mass is 386 g/mol. The van der Waals surface area contributed by atoms with E-state index < -0.39 is 0 Å². The number of aromatic hydroxyl groups is 1. The number of nitrogens with zero attached hydrogens (tertiary/aromatic N) is 1. The summed E-state index contributed by atoms with van der Waals surface area (Å²) < 4.78 is 0.946.